The number of halogens is 4. The Morgan fingerprint density at radius 2 is 1.61 bits per heavy atom. The molecule has 31 heavy (non-hydrogen) atoms. The van der Waals surface area contributed by atoms with E-state index in [4.69, 9.17) is 0 Å². The third kappa shape index (κ3) is 4.59. The van der Waals surface area contributed by atoms with Crippen molar-refractivity contribution in [3.8, 4) is 0 Å². The largest absolute Gasteiger partial charge is 0.348 e. The van der Waals surface area contributed by atoms with Gasteiger partial charge >= 0.3 is 0 Å². The Kier molecular flexibility index (Phi) is 6.02. The predicted molar refractivity (Wildman–Crippen MR) is 110 cm³/mol. The molecule has 0 amide bonds. The lowest BCUT2D eigenvalue weighted by Gasteiger charge is -2.31. The minimum Gasteiger partial charge on any atom is -0.348 e. The number of thiazole rings is 1. The van der Waals surface area contributed by atoms with Crippen LogP contribution < -0.4 is 4.90 Å². The van der Waals surface area contributed by atoms with Gasteiger partial charge < -0.3 is 4.90 Å². The molecular weight excluding hydrogens is 452 g/mol. The minimum absolute atomic E-state index is 0.208. The van der Waals surface area contributed by atoms with Gasteiger partial charge in [-0.3, -0.25) is 0 Å². The van der Waals surface area contributed by atoms with Crippen molar-refractivity contribution in [1.29, 1.82) is 0 Å². The van der Waals surface area contributed by atoms with Crippen molar-refractivity contribution in [2.75, 3.05) is 18.0 Å². The van der Waals surface area contributed by atoms with Crippen LogP contribution in [0.25, 0.3) is 0 Å². The fourth-order valence-corrected chi connectivity index (χ4v) is 6.45. The molecule has 1 fully saturated rings. The molecule has 3 aromatic rings. The minimum atomic E-state index is -4.14. The summed E-state index contributed by atoms with van der Waals surface area (Å²) in [5.74, 6) is -3.47. The topological polar surface area (TPSA) is 50.3 Å². The van der Waals surface area contributed by atoms with E-state index in [1.165, 1.54) is 23.5 Å². The summed E-state index contributed by atoms with van der Waals surface area (Å²) in [5, 5.41) is 1.57. The van der Waals surface area contributed by atoms with E-state index in [9.17, 15) is 26.0 Å². The zero-order valence-electron chi connectivity index (χ0n) is 16.2. The van der Waals surface area contributed by atoms with Crippen molar-refractivity contribution in [2.45, 2.75) is 29.4 Å². The van der Waals surface area contributed by atoms with Crippen molar-refractivity contribution in [1.82, 2.24) is 4.98 Å². The number of benzene rings is 2. The van der Waals surface area contributed by atoms with Gasteiger partial charge in [0.2, 0.25) is 0 Å². The number of aromatic nitrogens is 1. The Bertz CT molecular complexity index is 1170. The lowest BCUT2D eigenvalue weighted by molar-refractivity contribution is 0.497. The molecule has 0 saturated carbocycles. The van der Waals surface area contributed by atoms with Gasteiger partial charge in [-0.05, 0) is 42.7 Å². The van der Waals surface area contributed by atoms with Gasteiger partial charge in [-0.1, -0.05) is 6.07 Å². The summed E-state index contributed by atoms with van der Waals surface area (Å²) in [7, 11) is -4.14. The molecular formula is C21H18F4N2O2S2. The first-order chi connectivity index (χ1) is 14.7. The van der Waals surface area contributed by atoms with E-state index in [2.05, 4.69) is 4.98 Å². The Labute approximate surface area is 181 Å². The summed E-state index contributed by atoms with van der Waals surface area (Å²) < 4.78 is 80.2. The number of piperidine rings is 1. The monoisotopic (exact) mass is 470 g/mol. The summed E-state index contributed by atoms with van der Waals surface area (Å²) >= 11 is 1.35. The summed E-state index contributed by atoms with van der Waals surface area (Å²) in [6.07, 6.45) is 0.683. The second kappa shape index (κ2) is 8.58. The number of hydrogen-bond acceptors (Lipinski definition) is 5. The number of nitrogens with zero attached hydrogens (tertiary/aromatic N) is 2. The van der Waals surface area contributed by atoms with Gasteiger partial charge in [-0.25, -0.2) is 31.0 Å². The van der Waals surface area contributed by atoms with Crippen LogP contribution in [0.4, 0.5) is 22.7 Å². The van der Waals surface area contributed by atoms with Crippen LogP contribution in [0.1, 0.15) is 24.1 Å². The van der Waals surface area contributed by atoms with Crippen molar-refractivity contribution < 1.29 is 26.0 Å². The number of rotatable bonds is 5. The SMILES string of the molecule is O=S(=O)(c1c(F)cccc1F)C1CCN(c2nc(Cc3cc(F)cc(F)c3)cs2)CC1. The van der Waals surface area contributed by atoms with Gasteiger partial charge in [-0.15, -0.1) is 11.3 Å². The molecule has 0 N–H and O–H groups in total. The third-order valence-electron chi connectivity index (χ3n) is 5.20. The second-order valence-electron chi connectivity index (χ2n) is 7.36. The van der Waals surface area contributed by atoms with E-state index in [1.807, 2.05) is 4.90 Å². The fraction of sp³-hybridized carbons (Fsp3) is 0.286. The van der Waals surface area contributed by atoms with Crippen LogP contribution in [0.3, 0.4) is 0 Å². The average molecular weight is 471 g/mol. The molecule has 0 unspecified atom stereocenters. The van der Waals surface area contributed by atoms with E-state index in [-0.39, 0.29) is 19.3 Å². The van der Waals surface area contributed by atoms with Crippen molar-refractivity contribution in [3.05, 3.63) is 76.3 Å². The first kappa shape index (κ1) is 21.8. The maximum Gasteiger partial charge on any atom is 0.187 e. The van der Waals surface area contributed by atoms with Crippen LogP contribution in [-0.2, 0) is 16.3 Å². The maximum atomic E-state index is 14.0. The normalized spacial score (nSPS) is 15.4. The summed E-state index contributed by atoms with van der Waals surface area (Å²) in [5.41, 5.74) is 1.11. The van der Waals surface area contributed by atoms with E-state index in [0.29, 0.717) is 29.5 Å². The molecule has 4 nitrogen and oxygen atoms in total. The zero-order valence-corrected chi connectivity index (χ0v) is 17.8. The van der Waals surface area contributed by atoms with Crippen LogP contribution in [0.2, 0.25) is 0 Å². The predicted octanol–water partition coefficient (Wildman–Crippen LogP) is 4.73. The van der Waals surface area contributed by atoms with E-state index in [1.54, 1.807) is 5.38 Å². The molecule has 0 radical (unpaired) electrons. The molecule has 1 aliphatic rings. The van der Waals surface area contributed by atoms with Crippen LogP contribution in [0.5, 0.6) is 0 Å². The third-order valence-corrected chi connectivity index (χ3v) is 8.46. The Balaban J connectivity index is 1.44. The number of hydrogen-bond donors (Lipinski definition) is 0. The molecule has 2 aromatic carbocycles. The van der Waals surface area contributed by atoms with Gasteiger partial charge in [0, 0.05) is 31.0 Å². The first-order valence-corrected chi connectivity index (χ1v) is 12.0. The van der Waals surface area contributed by atoms with Crippen LogP contribution in [0, 0.1) is 23.3 Å². The molecule has 2 heterocycles. The average Bonchev–Trinajstić information content (AvgIpc) is 3.15. The molecule has 0 spiro atoms. The van der Waals surface area contributed by atoms with Crippen molar-refractivity contribution >= 4 is 26.3 Å². The molecule has 4 rings (SSSR count). The number of sulfone groups is 1. The molecule has 1 saturated heterocycles. The van der Waals surface area contributed by atoms with Crippen LogP contribution in [0.15, 0.2) is 46.7 Å². The Morgan fingerprint density at radius 1 is 1.00 bits per heavy atom. The lowest BCUT2D eigenvalue weighted by Crippen LogP contribution is -2.39. The Morgan fingerprint density at radius 3 is 2.23 bits per heavy atom. The lowest BCUT2D eigenvalue weighted by atomic mass is 10.1. The van der Waals surface area contributed by atoms with E-state index < -0.39 is 43.3 Å². The molecule has 1 aliphatic heterocycles. The molecule has 10 heteroatoms. The summed E-state index contributed by atoms with van der Waals surface area (Å²) in [4.78, 5) is 5.53. The summed E-state index contributed by atoms with van der Waals surface area (Å²) in [6, 6.07) is 6.31. The standard InChI is InChI=1S/C21H18F4N2O2S2/c22-14-8-13(9-15(23)11-14)10-16-12-30-21(26-16)27-6-4-17(5-7-27)31(28,29)20-18(24)2-1-3-19(20)25/h1-3,8-9,11-12,17H,4-7,10H2. The highest BCUT2D eigenvalue weighted by molar-refractivity contribution is 7.92. The fourth-order valence-electron chi connectivity index (χ4n) is 3.72. The molecule has 164 valence electrons. The van der Waals surface area contributed by atoms with Crippen molar-refractivity contribution in [3.63, 3.8) is 0 Å². The van der Waals surface area contributed by atoms with Crippen LogP contribution in [-0.4, -0.2) is 31.7 Å². The highest BCUT2D eigenvalue weighted by Crippen LogP contribution is 2.31. The molecule has 0 atom stereocenters. The molecule has 0 bridgehead atoms. The second-order valence-corrected chi connectivity index (χ2v) is 10.4. The van der Waals surface area contributed by atoms with Gasteiger partial charge in [0.1, 0.15) is 28.2 Å². The van der Waals surface area contributed by atoms with Crippen molar-refractivity contribution in [2.24, 2.45) is 0 Å². The summed E-state index contributed by atoms with van der Waals surface area (Å²) in [6.45, 7) is 0.725. The highest BCUT2D eigenvalue weighted by atomic mass is 32.2. The maximum absolute atomic E-state index is 14.0. The van der Waals surface area contributed by atoms with Crippen LogP contribution >= 0.6 is 11.3 Å². The molecule has 1 aromatic heterocycles. The highest BCUT2D eigenvalue weighted by Gasteiger charge is 2.35. The zero-order chi connectivity index (χ0) is 22.2. The first-order valence-electron chi connectivity index (χ1n) is 9.56. The Hall–Kier alpha value is -2.46. The van der Waals surface area contributed by atoms with Gasteiger partial charge in [0.15, 0.2) is 15.0 Å². The molecule has 0 aliphatic carbocycles. The van der Waals surface area contributed by atoms with E-state index >= 15 is 0 Å². The van der Waals surface area contributed by atoms with Gasteiger partial charge in [-0.2, -0.15) is 0 Å². The van der Waals surface area contributed by atoms with Gasteiger partial charge in [0.25, 0.3) is 0 Å². The smallest absolute Gasteiger partial charge is 0.187 e. The van der Waals surface area contributed by atoms with E-state index in [0.717, 1.165) is 24.3 Å². The number of anilines is 1. The quantitative estimate of drug-likeness (QED) is 0.506. The van der Waals surface area contributed by atoms with Gasteiger partial charge in [0.05, 0.1) is 10.9 Å².